The van der Waals surface area contributed by atoms with Gasteiger partial charge in [-0.1, -0.05) is 30.3 Å². The number of aromatic nitrogens is 4. The lowest BCUT2D eigenvalue weighted by Crippen LogP contribution is -2.26. The molecule has 1 atom stereocenters. The van der Waals surface area contributed by atoms with Crippen LogP contribution >= 0.6 is 0 Å². The van der Waals surface area contributed by atoms with E-state index in [-0.39, 0.29) is 11.7 Å². The van der Waals surface area contributed by atoms with E-state index in [0.717, 1.165) is 41.7 Å². The maximum Gasteiger partial charge on any atom is 0.261 e. The van der Waals surface area contributed by atoms with E-state index >= 15 is 0 Å². The van der Waals surface area contributed by atoms with Crippen molar-refractivity contribution in [3.63, 3.8) is 0 Å². The largest absolute Gasteiger partial charge is 0.376 e. The minimum Gasteiger partial charge on any atom is -0.376 e. The highest BCUT2D eigenvalue weighted by molar-refractivity contribution is 5.84. The fraction of sp³-hybridized carbons (Fsp3) is 0.250. The maximum absolute atomic E-state index is 12.9. The first kappa shape index (κ1) is 15.3. The van der Waals surface area contributed by atoms with Gasteiger partial charge in [-0.3, -0.25) is 4.79 Å². The normalized spacial score (nSPS) is 17.3. The number of rotatable bonds is 3. The molecule has 26 heavy (non-hydrogen) atoms. The molecule has 1 unspecified atom stereocenters. The molecule has 5 rings (SSSR count). The Bertz CT molecular complexity index is 1140. The van der Waals surface area contributed by atoms with Crippen LogP contribution in [0.3, 0.4) is 0 Å². The Morgan fingerprint density at radius 3 is 2.85 bits per heavy atom. The molecule has 0 bridgehead atoms. The van der Waals surface area contributed by atoms with Crippen molar-refractivity contribution in [1.29, 1.82) is 0 Å². The Labute approximate surface area is 149 Å². The Balaban J connectivity index is 1.64. The Morgan fingerprint density at radius 1 is 1.15 bits per heavy atom. The number of ether oxygens (including phenoxy) is 1. The molecule has 1 fully saturated rings. The van der Waals surface area contributed by atoms with Gasteiger partial charge in [-0.2, -0.15) is 5.10 Å². The SMILES string of the molecule is O=c1c2cnc3c(-c4ccccc4)cnn3c2ccn1CC1CCCO1. The van der Waals surface area contributed by atoms with Gasteiger partial charge in [0.2, 0.25) is 0 Å². The molecule has 0 amide bonds. The third kappa shape index (κ3) is 2.42. The van der Waals surface area contributed by atoms with E-state index in [1.54, 1.807) is 21.5 Å². The van der Waals surface area contributed by atoms with E-state index in [0.29, 0.717) is 11.9 Å². The molecule has 3 aromatic heterocycles. The van der Waals surface area contributed by atoms with Crippen LogP contribution in [0, 0.1) is 0 Å². The van der Waals surface area contributed by atoms with Gasteiger partial charge >= 0.3 is 0 Å². The van der Waals surface area contributed by atoms with E-state index in [9.17, 15) is 4.79 Å². The first-order valence-electron chi connectivity index (χ1n) is 8.84. The van der Waals surface area contributed by atoms with Crippen molar-refractivity contribution in [2.45, 2.75) is 25.5 Å². The van der Waals surface area contributed by atoms with E-state index in [1.165, 1.54) is 0 Å². The van der Waals surface area contributed by atoms with Crippen LogP contribution in [-0.2, 0) is 11.3 Å². The average molecular weight is 346 g/mol. The first-order valence-corrected chi connectivity index (χ1v) is 8.84. The number of fused-ring (bicyclic) bond motifs is 3. The lowest BCUT2D eigenvalue weighted by atomic mass is 10.1. The maximum atomic E-state index is 12.9. The molecule has 6 heteroatoms. The van der Waals surface area contributed by atoms with E-state index in [2.05, 4.69) is 10.1 Å². The van der Waals surface area contributed by atoms with Gasteiger partial charge in [-0.15, -0.1) is 0 Å². The molecule has 130 valence electrons. The van der Waals surface area contributed by atoms with Crippen molar-refractivity contribution in [3.05, 3.63) is 65.3 Å². The molecule has 1 saturated heterocycles. The van der Waals surface area contributed by atoms with Gasteiger partial charge in [0.25, 0.3) is 5.56 Å². The van der Waals surface area contributed by atoms with Crippen molar-refractivity contribution < 1.29 is 4.74 Å². The van der Waals surface area contributed by atoms with Crippen LogP contribution in [0.15, 0.2) is 59.8 Å². The summed E-state index contributed by atoms with van der Waals surface area (Å²) in [6, 6.07) is 12.0. The van der Waals surface area contributed by atoms with Gasteiger partial charge < -0.3 is 9.30 Å². The van der Waals surface area contributed by atoms with E-state index in [1.807, 2.05) is 42.6 Å². The molecule has 0 aliphatic carbocycles. The summed E-state index contributed by atoms with van der Waals surface area (Å²) in [5, 5.41) is 5.05. The molecule has 4 heterocycles. The first-order chi connectivity index (χ1) is 12.8. The molecular formula is C20H18N4O2. The number of benzene rings is 1. The molecule has 1 aromatic carbocycles. The summed E-state index contributed by atoms with van der Waals surface area (Å²) in [5.74, 6) is 0. The second kappa shape index (κ2) is 6.07. The number of hydrogen-bond acceptors (Lipinski definition) is 4. The van der Waals surface area contributed by atoms with Gasteiger partial charge in [0, 0.05) is 24.6 Å². The van der Waals surface area contributed by atoms with Crippen LogP contribution in [0.4, 0.5) is 0 Å². The predicted molar refractivity (Wildman–Crippen MR) is 99.2 cm³/mol. The highest BCUT2D eigenvalue weighted by Crippen LogP contribution is 2.24. The van der Waals surface area contributed by atoms with Crippen molar-refractivity contribution in [2.24, 2.45) is 0 Å². The van der Waals surface area contributed by atoms with Gasteiger partial charge in [-0.25, -0.2) is 9.50 Å². The summed E-state index contributed by atoms with van der Waals surface area (Å²) in [6.45, 7) is 1.37. The molecule has 0 radical (unpaired) electrons. The molecule has 6 nitrogen and oxygen atoms in total. The third-order valence-corrected chi connectivity index (χ3v) is 4.98. The highest BCUT2D eigenvalue weighted by atomic mass is 16.5. The van der Waals surface area contributed by atoms with Gasteiger partial charge in [0.1, 0.15) is 0 Å². The minimum atomic E-state index is -0.0517. The number of pyridine rings is 1. The van der Waals surface area contributed by atoms with Crippen molar-refractivity contribution in [2.75, 3.05) is 6.61 Å². The fourth-order valence-corrected chi connectivity index (χ4v) is 3.63. The second-order valence-electron chi connectivity index (χ2n) is 6.63. The molecule has 0 spiro atoms. The smallest absolute Gasteiger partial charge is 0.261 e. The predicted octanol–water partition coefficient (Wildman–Crippen LogP) is 2.89. The van der Waals surface area contributed by atoms with Crippen molar-refractivity contribution in [3.8, 4) is 11.1 Å². The van der Waals surface area contributed by atoms with E-state index < -0.39 is 0 Å². The van der Waals surface area contributed by atoms with Crippen LogP contribution in [0.2, 0.25) is 0 Å². The van der Waals surface area contributed by atoms with Crippen LogP contribution < -0.4 is 5.56 Å². The zero-order chi connectivity index (χ0) is 17.5. The lowest BCUT2D eigenvalue weighted by Gasteiger charge is -2.12. The quantitative estimate of drug-likeness (QED) is 0.572. The summed E-state index contributed by atoms with van der Waals surface area (Å²) >= 11 is 0. The molecule has 0 N–H and O–H groups in total. The fourth-order valence-electron chi connectivity index (χ4n) is 3.63. The van der Waals surface area contributed by atoms with Crippen LogP contribution in [0.25, 0.3) is 27.7 Å². The highest BCUT2D eigenvalue weighted by Gasteiger charge is 2.18. The summed E-state index contributed by atoms with van der Waals surface area (Å²) in [5.41, 5.74) is 3.48. The van der Waals surface area contributed by atoms with Crippen LogP contribution in [-0.4, -0.2) is 31.9 Å². The zero-order valence-electron chi connectivity index (χ0n) is 14.2. The lowest BCUT2D eigenvalue weighted by molar-refractivity contribution is 0.0963. The zero-order valence-corrected chi connectivity index (χ0v) is 14.2. The monoisotopic (exact) mass is 346 g/mol. The second-order valence-corrected chi connectivity index (χ2v) is 6.63. The summed E-state index contributed by atoms with van der Waals surface area (Å²) in [7, 11) is 0. The molecule has 1 aliphatic rings. The Hall–Kier alpha value is -2.99. The molecule has 1 aliphatic heterocycles. The topological polar surface area (TPSA) is 61.4 Å². The molecular weight excluding hydrogens is 328 g/mol. The van der Waals surface area contributed by atoms with Crippen molar-refractivity contribution >= 4 is 16.6 Å². The van der Waals surface area contributed by atoms with Gasteiger partial charge in [0.05, 0.1) is 29.7 Å². The Kier molecular flexibility index (Phi) is 3.57. The average Bonchev–Trinajstić information content (AvgIpc) is 3.34. The Morgan fingerprint density at radius 2 is 2.04 bits per heavy atom. The van der Waals surface area contributed by atoms with Crippen molar-refractivity contribution in [1.82, 2.24) is 19.2 Å². The molecule has 0 saturated carbocycles. The standard InChI is InChI=1S/C20H18N4O2/c25-20-17-11-21-19-16(14-5-2-1-3-6-14)12-22-24(19)18(17)8-9-23(20)13-15-7-4-10-26-15/h1-3,5-6,8-9,11-12,15H,4,7,10,13H2. The molecule has 4 aromatic rings. The minimum absolute atomic E-state index is 0.0517. The van der Waals surface area contributed by atoms with Gasteiger partial charge in [-0.05, 0) is 24.5 Å². The van der Waals surface area contributed by atoms with Gasteiger partial charge in [0.15, 0.2) is 5.65 Å². The summed E-state index contributed by atoms with van der Waals surface area (Å²) in [6.07, 6.45) is 7.47. The third-order valence-electron chi connectivity index (χ3n) is 4.98. The van der Waals surface area contributed by atoms with Crippen LogP contribution in [0.1, 0.15) is 12.8 Å². The number of hydrogen-bond donors (Lipinski definition) is 0. The summed E-state index contributed by atoms with van der Waals surface area (Å²) in [4.78, 5) is 17.4. The van der Waals surface area contributed by atoms with Crippen LogP contribution in [0.5, 0.6) is 0 Å². The number of nitrogens with zero attached hydrogens (tertiary/aromatic N) is 4. The van der Waals surface area contributed by atoms with E-state index in [4.69, 9.17) is 4.74 Å². The summed E-state index contributed by atoms with van der Waals surface area (Å²) < 4.78 is 9.11.